The molecule has 1 aromatic carbocycles. The van der Waals surface area contributed by atoms with Crippen LogP contribution in [-0.4, -0.2) is 12.1 Å². The Morgan fingerprint density at radius 3 is 2.00 bits per heavy atom. The molecule has 1 aromatic rings. The Morgan fingerprint density at radius 1 is 1.27 bits per heavy atom. The molecule has 1 rings (SSSR count). The number of esters is 1. The second kappa shape index (κ2) is 8.04. The lowest BCUT2D eigenvalue weighted by atomic mass is 10.2. The largest absolute Gasteiger partial charge is 0.463 e. The first-order valence-corrected chi connectivity index (χ1v) is 5.27. The number of carbonyl (C=O) groups is 1. The molecule has 0 bridgehead atoms. The normalized spacial score (nSPS) is 9.13. The molecule has 0 aliphatic heterocycles. The number of benzene rings is 1. The van der Waals surface area contributed by atoms with Crippen molar-refractivity contribution in [3.8, 4) is 0 Å². The summed E-state index contributed by atoms with van der Waals surface area (Å²) in [7, 11) is 0. The van der Waals surface area contributed by atoms with Crippen LogP contribution in [0.4, 0.5) is 0 Å². The van der Waals surface area contributed by atoms with E-state index in [1.54, 1.807) is 6.92 Å². The molecule has 0 heterocycles. The first kappa shape index (κ1) is 13.7. The van der Waals surface area contributed by atoms with Gasteiger partial charge in [0.05, 0.1) is 6.10 Å². The van der Waals surface area contributed by atoms with Gasteiger partial charge in [-0.05, 0) is 20.8 Å². The maximum atomic E-state index is 10.4. The third-order valence-corrected chi connectivity index (χ3v) is 1.60. The van der Waals surface area contributed by atoms with E-state index >= 15 is 0 Å². The van der Waals surface area contributed by atoms with E-state index in [0.29, 0.717) is 6.42 Å². The van der Waals surface area contributed by atoms with E-state index in [0.717, 1.165) is 0 Å². The van der Waals surface area contributed by atoms with Crippen molar-refractivity contribution in [2.45, 2.75) is 40.2 Å². The fourth-order valence-electron chi connectivity index (χ4n) is 0.881. The molecule has 0 aliphatic rings. The zero-order valence-corrected chi connectivity index (χ0v) is 9.99. The van der Waals surface area contributed by atoms with Crippen LogP contribution in [0.15, 0.2) is 30.3 Å². The zero-order valence-electron chi connectivity index (χ0n) is 9.99. The number of hydrogen-bond donors (Lipinski definition) is 0. The van der Waals surface area contributed by atoms with Crippen molar-refractivity contribution < 1.29 is 9.53 Å². The van der Waals surface area contributed by atoms with Crippen molar-refractivity contribution in [1.82, 2.24) is 0 Å². The molecule has 0 radical (unpaired) electrons. The maximum Gasteiger partial charge on any atom is 0.305 e. The molecule has 0 aromatic heterocycles. The van der Waals surface area contributed by atoms with Crippen LogP contribution in [0.5, 0.6) is 0 Å². The van der Waals surface area contributed by atoms with Crippen molar-refractivity contribution in [3.05, 3.63) is 35.9 Å². The van der Waals surface area contributed by atoms with Gasteiger partial charge in [0.1, 0.15) is 0 Å². The summed E-state index contributed by atoms with van der Waals surface area (Å²) in [6, 6.07) is 10.3. The third kappa shape index (κ3) is 9.01. The molecule has 0 atom stereocenters. The van der Waals surface area contributed by atoms with E-state index in [4.69, 9.17) is 4.74 Å². The topological polar surface area (TPSA) is 26.3 Å². The molecule has 0 saturated carbocycles. The van der Waals surface area contributed by atoms with E-state index in [2.05, 4.69) is 19.1 Å². The predicted octanol–water partition coefficient (Wildman–Crippen LogP) is 3.34. The highest BCUT2D eigenvalue weighted by molar-refractivity contribution is 5.68. The molecule has 0 saturated heterocycles. The van der Waals surface area contributed by atoms with Crippen LogP contribution in [0.2, 0.25) is 0 Å². The molecule has 0 fully saturated rings. The SMILES string of the molecule is CCC(=O)OC(C)C.Cc1ccccc1. The quantitative estimate of drug-likeness (QED) is 0.697. The minimum absolute atomic E-state index is 0.0300. The monoisotopic (exact) mass is 208 g/mol. The lowest BCUT2D eigenvalue weighted by Crippen LogP contribution is -2.09. The molecule has 0 unspecified atom stereocenters. The van der Waals surface area contributed by atoms with Crippen molar-refractivity contribution in [2.75, 3.05) is 0 Å². The minimum Gasteiger partial charge on any atom is -0.463 e. The summed E-state index contributed by atoms with van der Waals surface area (Å²) in [5, 5.41) is 0. The van der Waals surface area contributed by atoms with Gasteiger partial charge in [0, 0.05) is 6.42 Å². The summed E-state index contributed by atoms with van der Waals surface area (Å²) in [5.41, 5.74) is 1.32. The molecular weight excluding hydrogens is 188 g/mol. The van der Waals surface area contributed by atoms with Crippen LogP contribution in [0.1, 0.15) is 32.8 Å². The summed E-state index contributed by atoms with van der Waals surface area (Å²) in [6.45, 7) is 7.55. The van der Waals surface area contributed by atoms with Gasteiger partial charge in [-0.1, -0.05) is 42.8 Å². The highest BCUT2D eigenvalue weighted by Gasteiger charge is 1.98. The highest BCUT2D eigenvalue weighted by Crippen LogP contribution is 1.92. The second-order valence-electron chi connectivity index (χ2n) is 3.55. The van der Waals surface area contributed by atoms with Gasteiger partial charge in [-0.25, -0.2) is 0 Å². The lowest BCUT2D eigenvalue weighted by molar-refractivity contribution is -0.146. The van der Waals surface area contributed by atoms with E-state index in [1.807, 2.05) is 32.0 Å². The standard InChI is InChI=1S/C7H8.C6H12O2/c1-7-5-3-2-4-6-7;1-4-6(7)8-5(2)3/h2-6H,1H3;5H,4H2,1-3H3. The van der Waals surface area contributed by atoms with Gasteiger partial charge in [-0.2, -0.15) is 0 Å². The fraction of sp³-hybridized carbons (Fsp3) is 0.462. The average Bonchev–Trinajstić information content (AvgIpc) is 2.19. The van der Waals surface area contributed by atoms with E-state index < -0.39 is 0 Å². The molecule has 2 heteroatoms. The van der Waals surface area contributed by atoms with Crippen molar-refractivity contribution in [3.63, 3.8) is 0 Å². The third-order valence-electron chi connectivity index (χ3n) is 1.60. The van der Waals surface area contributed by atoms with Crippen LogP contribution >= 0.6 is 0 Å². The summed E-state index contributed by atoms with van der Waals surface area (Å²) in [5.74, 6) is -0.125. The van der Waals surface area contributed by atoms with Crippen molar-refractivity contribution in [2.24, 2.45) is 0 Å². The van der Waals surface area contributed by atoms with Gasteiger partial charge >= 0.3 is 5.97 Å². The van der Waals surface area contributed by atoms with Crippen LogP contribution in [0.3, 0.4) is 0 Å². The number of ether oxygens (including phenoxy) is 1. The Bertz CT molecular complexity index is 265. The molecular formula is C13H20O2. The molecule has 0 aliphatic carbocycles. The zero-order chi connectivity index (χ0) is 11.7. The van der Waals surface area contributed by atoms with Crippen molar-refractivity contribution in [1.29, 1.82) is 0 Å². The van der Waals surface area contributed by atoms with E-state index in [-0.39, 0.29) is 12.1 Å². The summed E-state index contributed by atoms with van der Waals surface area (Å²) in [4.78, 5) is 10.4. The fourth-order valence-corrected chi connectivity index (χ4v) is 0.881. The van der Waals surface area contributed by atoms with E-state index in [9.17, 15) is 4.79 Å². The van der Waals surface area contributed by atoms with E-state index in [1.165, 1.54) is 5.56 Å². The summed E-state index contributed by atoms with van der Waals surface area (Å²) < 4.78 is 4.76. The second-order valence-corrected chi connectivity index (χ2v) is 3.55. The van der Waals surface area contributed by atoms with Gasteiger partial charge in [-0.15, -0.1) is 0 Å². The first-order chi connectivity index (χ1) is 7.06. The van der Waals surface area contributed by atoms with Gasteiger partial charge in [-0.3, -0.25) is 4.79 Å². The summed E-state index contributed by atoms with van der Waals surface area (Å²) >= 11 is 0. The highest BCUT2D eigenvalue weighted by atomic mass is 16.5. The van der Waals surface area contributed by atoms with Gasteiger partial charge < -0.3 is 4.74 Å². The summed E-state index contributed by atoms with van der Waals surface area (Å²) in [6.07, 6.45) is 0.500. The van der Waals surface area contributed by atoms with Crippen LogP contribution in [0, 0.1) is 6.92 Å². The molecule has 0 spiro atoms. The predicted molar refractivity (Wildman–Crippen MR) is 62.7 cm³/mol. The Morgan fingerprint density at radius 2 is 1.80 bits per heavy atom. The molecule has 0 N–H and O–H groups in total. The Kier molecular flexibility index (Phi) is 7.33. The number of aryl methyl sites for hydroxylation is 1. The molecule has 2 nitrogen and oxygen atoms in total. The van der Waals surface area contributed by atoms with Gasteiger partial charge in [0.25, 0.3) is 0 Å². The number of hydrogen-bond acceptors (Lipinski definition) is 2. The average molecular weight is 208 g/mol. The number of carbonyl (C=O) groups excluding carboxylic acids is 1. The minimum atomic E-state index is -0.125. The van der Waals surface area contributed by atoms with Gasteiger partial charge in [0.2, 0.25) is 0 Å². The number of rotatable bonds is 2. The molecule has 84 valence electrons. The molecule has 15 heavy (non-hydrogen) atoms. The smallest absolute Gasteiger partial charge is 0.305 e. The maximum absolute atomic E-state index is 10.4. The lowest BCUT2D eigenvalue weighted by Gasteiger charge is -2.04. The van der Waals surface area contributed by atoms with Crippen molar-refractivity contribution >= 4 is 5.97 Å². The van der Waals surface area contributed by atoms with Crippen LogP contribution in [0.25, 0.3) is 0 Å². The Labute approximate surface area is 92.3 Å². The molecule has 0 amide bonds. The Balaban J connectivity index is 0.000000262. The van der Waals surface area contributed by atoms with Crippen LogP contribution < -0.4 is 0 Å². The first-order valence-electron chi connectivity index (χ1n) is 5.27. The van der Waals surface area contributed by atoms with Gasteiger partial charge in [0.15, 0.2) is 0 Å². The van der Waals surface area contributed by atoms with Crippen LogP contribution in [-0.2, 0) is 9.53 Å². The Hall–Kier alpha value is -1.31.